The Morgan fingerprint density at radius 1 is 1.10 bits per heavy atom. The summed E-state index contributed by atoms with van der Waals surface area (Å²) in [7, 11) is 0. The SMILES string of the molecule is CCCCCCCCOCC(O)COc1ccc(/C=C(\C#N)C(=O)OCC)cc1. The Balaban J connectivity index is 2.29. The molecular weight excluding hydrogens is 370 g/mol. The second-order valence-corrected chi connectivity index (χ2v) is 6.77. The van der Waals surface area contributed by atoms with Crippen LogP contribution in [0.1, 0.15) is 57.9 Å². The van der Waals surface area contributed by atoms with Gasteiger partial charge in [0.25, 0.3) is 0 Å². The molecule has 0 saturated heterocycles. The van der Waals surface area contributed by atoms with Gasteiger partial charge in [0.1, 0.15) is 30.1 Å². The summed E-state index contributed by atoms with van der Waals surface area (Å²) >= 11 is 0. The highest BCUT2D eigenvalue weighted by molar-refractivity contribution is 5.97. The van der Waals surface area contributed by atoms with E-state index in [-0.39, 0.29) is 25.4 Å². The molecule has 0 heterocycles. The van der Waals surface area contributed by atoms with Crippen LogP contribution in [0.15, 0.2) is 29.8 Å². The van der Waals surface area contributed by atoms with Gasteiger partial charge in [-0.2, -0.15) is 5.26 Å². The molecule has 6 heteroatoms. The molecule has 0 spiro atoms. The van der Waals surface area contributed by atoms with Crippen molar-refractivity contribution in [2.75, 3.05) is 26.4 Å². The van der Waals surface area contributed by atoms with Crippen molar-refractivity contribution in [1.29, 1.82) is 5.26 Å². The number of esters is 1. The summed E-state index contributed by atoms with van der Waals surface area (Å²) in [4.78, 5) is 11.6. The third-order valence-corrected chi connectivity index (χ3v) is 4.20. The Kier molecular flexibility index (Phi) is 13.2. The lowest BCUT2D eigenvalue weighted by molar-refractivity contribution is -0.137. The van der Waals surface area contributed by atoms with Gasteiger partial charge in [0.15, 0.2) is 0 Å². The molecule has 1 rings (SSSR count). The van der Waals surface area contributed by atoms with Crippen LogP contribution >= 0.6 is 0 Å². The topological polar surface area (TPSA) is 88.8 Å². The molecule has 1 aromatic rings. The molecule has 0 aromatic heterocycles. The average molecular weight is 404 g/mol. The molecule has 0 radical (unpaired) electrons. The van der Waals surface area contributed by atoms with Crippen molar-refractivity contribution in [3.8, 4) is 11.8 Å². The lowest BCUT2D eigenvalue weighted by Gasteiger charge is -2.13. The Bertz CT molecular complexity index is 648. The molecule has 0 aliphatic rings. The van der Waals surface area contributed by atoms with Crippen molar-refractivity contribution in [1.82, 2.24) is 0 Å². The highest BCUT2D eigenvalue weighted by Crippen LogP contribution is 2.15. The van der Waals surface area contributed by atoms with E-state index >= 15 is 0 Å². The van der Waals surface area contributed by atoms with Crippen LogP contribution in [0.3, 0.4) is 0 Å². The highest BCUT2D eigenvalue weighted by Gasteiger charge is 2.10. The van der Waals surface area contributed by atoms with E-state index in [2.05, 4.69) is 6.92 Å². The quantitative estimate of drug-likeness (QED) is 0.204. The average Bonchev–Trinajstić information content (AvgIpc) is 2.73. The first-order valence-electron chi connectivity index (χ1n) is 10.4. The number of nitriles is 1. The Morgan fingerprint density at radius 2 is 1.79 bits per heavy atom. The van der Waals surface area contributed by atoms with Crippen molar-refractivity contribution in [2.24, 2.45) is 0 Å². The van der Waals surface area contributed by atoms with Crippen LogP contribution in [0.2, 0.25) is 0 Å². The number of rotatable bonds is 15. The van der Waals surface area contributed by atoms with Crippen molar-refractivity contribution < 1.29 is 24.1 Å². The fourth-order valence-corrected chi connectivity index (χ4v) is 2.62. The number of carbonyl (C=O) groups excluding carboxylic acids is 1. The van der Waals surface area contributed by atoms with Crippen LogP contribution in [0.5, 0.6) is 5.75 Å². The third kappa shape index (κ3) is 11.3. The van der Waals surface area contributed by atoms with E-state index < -0.39 is 12.1 Å². The summed E-state index contributed by atoms with van der Waals surface area (Å²) < 4.78 is 15.9. The first-order chi connectivity index (χ1) is 14.1. The standard InChI is InChI=1S/C23H33NO5/c1-3-5-6-7-8-9-14-27-17-21(25)18-29-22-12-10-19(11-13-22)15-20(16-24)23(26)28-4-2/h10-13,15,21,25H,3-9,14,17-18H2,1-2H3/b20-15+. The van der Waals surface area contributed by atoms with E-state index in [1.54, 1.807) is 31.2 Å². The summed E-state index contributed by atoms with van der Waals surface area (Å²) in [5.74, 6) is -0.0498. The first kappa shape index (κ1) is 24.7. The molecule has 29 heavy (non-hydrogen) atoms. The minimum atomic E-state index is -0.691. The summed E-state index contributed by atoms with van der Waals surface area (Å²) in [6.45, 7) is 5.15. The van der Waals surface area contributed by atoms with E-state index in [4.69, 9.17) is 19.5 Å². The normalized spacial score (nSPS) is 12.3. The Labute approximate surface area is 174 Å². The van der Waals surface area contributed by atoms with Crippen molar-refractivity contribution in [2.45, 2.75) is 58.5 Å². The number of hydrogen-bond donors (Lipinski definition) is 1. The van der Waals surface area contributed by atoms with Gasteiger partial charge in [-0.1, -0.05) is 51.2 Å². The first-order valence-corrected chi connectivity index (χ1v) is 10.4. The van der Waals surface area contributed by atoms with Crippen LogP contribution in [-0.4, -0.2) is 43.6 Å². The number of benzene rings is 1. The van der Waals surface area contributed by atoms with Crippen LogP contribution in [-0.2, 0) is 14.3 Å². The van der Waals surface area contributed by atoms with E-state index in [0.717, 1.165) is 12.8 Å². The third-order valence-electron chi connectivity index (χ3n) is 4.20. The second-order valence-electron chi connectivity index (χ2n) is 6.77. The van der Waals surface area contributed by atoms with Crippen molar-refractivity contribution >= 4 is 12.0 Å². The summed E-state index contributed by atoms with van der Waals surface area (Å²) in [6.07, 6.45) is 8.01. The molecule has 0 aliphatic carbocycles. The zero-order chi connectivity index (χ0) is 21.3. The molecule has 1 atom stereocenters. The molecule has 1 N–H and O–H groups in total. The van der Waals surface area contributed by atoms with Gasteiger partial charge in [0.2, 0.25) is 0 Å². The largest absolute Gasteiger partial charge is 0.491 e. The van der Waals surface area contributed by atoms with Gasteiger partial charge in [-0.15, -0.1) is 0 Å². The minimum Gasteiger partial charge on any atom is -0.491 e. The summed E-state index contributed by atoms with van der Waals surface area (Å²) in [6, 6.07) is 8.73. The molecule has 1 aromatic carbocycles. The Hall–Kier alpha value is -2.36. The molecule has 0 bridgehead atoms. The zero-order valence-corrected chi connectivity index (χ0v) is 17.6. The number of hydrogen-bond acceptors (Lipinski definition) is 6. The van der Waals surface area contributed by atoms with Gasteiger partial charge in [-0.3, -0.25) is 0 Å². The lowest BCUT2D eigenvalue weighted by Crippen LogP contribution is -2.23. The zero-order valence-electron chi connectivity index (χ0n) is 17.6. The van der Waals surface area contributed by atoms with Crippen molar-refractivity contribution in [3.63, 3.8) is 0 Å². The molecule has 160 valence electrons. The maximum absolute atomic E-state index is 11.6. The maximum Gasteiger partial charge on any atom is 0.348 e. The fourth-order valence-electron chi connectivity index (χ4n) is 2.62. The number of nitrogens with zero attached hydrogens (tertiary/aromatic N) is 1. The number of carbonyl (C=O) groups is 1. The van der Waals surface area contributed by atoms with Crippen LogP contribution in [0.25, 0.3) is 6.08 Å². The summed E-state index contributed by atoms with van der Waals surface area (Å²) in [5, 5.41) is 19.0. The molecular formula is C23H33NO5. The number of aliphatic hydroxyl groups is 1. The van der Waals surface area contributed by atoms with Gasteiger partial charge in [0.05, 0.1) is 13.2 Å². The van der Waals surface area contributed by atoms with E-state index in [1.165, 1.54) is 31.8 Å². The molecule has 1 unspecified atom stereocenters. The molecule has 0 amide bonds. The van der Waals surface area contributed by atoms with Gasteiger partial charge in [-0.05, 0) is 37.1 Å². The number of unbranched alkanes of at least 4 members (excludes halogenated alkanes) is 5. The molecule has 0 fully saturated rings. The molecule has 6 nitrogen and oxygen atoms in total. The van der Waals surface area contributed by atoms with E-state index in [0.29, 0.717) is 17.9 Å². The lowest BCUT2D eigenvalue weighted by atomic mass is 10.1. The van der Waals surface area contributed by atoms with Crippen LogP contribution < -0.4 is 4.74 Å². The minimum absolute atomic E-state index is 0.0570. The Morgan fingerprint density at radius 3 is 2.45 bits per heavy atom. The number of aliphatic hydroxyl groups excluding tert-OH is 1. The predicted octanol–water partition coefficient (Wildman–Crippen LogP) is 4.27. The molecule has 0 aliphatic heterocycles. The second kappa shape index (κ2) is 15.5. The summed E-state index contributed by atoms with van der Waals surface area (Å²) in [5.41, 5.74) is 0.628. The maximum atomic E-state index is 11.6. The van der Waals surface area contributed by atoms with E-state index in [9.17, 15) is 9.90 Å². The van der Waals surface area contributed by atoms with Gasteiger partial charge in [-0.25, -0.2) is 4.79 Å². The van der Waals surface area contributed by atoms with Gasteiger partial charge < -0.3 is 19.3 Å². The highest BCUT2D eigenvalue weighted by atomic mass is 16.5. The van der Waals surface area contributed by atoms with Gasteiger partial charge >= 0.3 is 5.97 Å². The van der Waals surface area contributed by atoms with Crippen LogP contribution in [0, 0.1) is 11.3 Å². The molecule has 0 saturated carbocycles. The fraction of sp³-hybridized carbons (Fsp3) is 0.565. The van der Waals surface area contributed by atoms with Crippen molar-refractivity contribution in [3.05, 3.63) is 35.4 Å². The monoisotopic (exact) mass is 403 g/mol. The van der Waals surface area contributed by atoms with Gasteiger partial charge in [0, 0.05) is 6.61 Å². The smallest absolute Gasteiger partial charge is 0.348 e. The van der Waals surface area contributed by atoms with E-state index in [1.807, 2.05) is 6.07 Å². The number of ether oxygens (including phenoxy) is 3. The predicted molar refractivity (Wildman–Crippen MR) is 112 cm³/mol. The van der Waals surface area contributed by atoms with Crippen LogP contribution in [0.4, 0.5) is 0 Å².